The molecule has 22 heavy (non-hydrogen) atoms. The van der Waals surface area contributed by atoms with Crippen molar-refractivity contribution in [2.75, 3.05) is 18.6 Å². The Hall–Kier alpha value is -1.43. The van der Waals surface area contributed by atoms with Crippen molar-refractivity contribution in [3.8, 4) is 5.75 Å². The molecule has 0 saturated carbocycles. The molecule has 0 fully saturated rings. The van der Waals surface area contributed by atoms with E-state index in [1.54, 1.807) is 13.2 Å². The van der Waals surface area contributed by atoms with Gasteiger partial charge in [-0.05, 0) is 59.8 Å². The molecule has 3 rings (SSSR count). The molecular formula is C16H16ClFN2OS. The van der Waals surface area contributed by atoms with Crippen molar-refractivity contribution in [1.82, 2.24) is 0 Å². The molecule has 0 radical (unpaired) electrons. The zero-order valence-corrected chi connectivity index (χ0v) is 13.7. The van der Waals surface area contributed by atoms with E-state index in [1.165, 1.54) is 11.6 Å². The summed E-state index contributed by atoms with van der Waals surface area (Å²) in [5.41, 5.74) is 3.15. The monoisotopic (exact) mass is 338 g/mol. The van der Waals surface area contributed by atoms with Crippen molar-refractivity contribution in [2.24, 2.45) is 5.14 Å². The van der Waals surface area contributed by atoms with Gasteiger partial charge in [-0.3, -0.25) is 5.14 Å². The Bertz CT molecular complexity index is 711. The third-order valence-electron chi connectivity index (χ3n) is 3.87. The van der Waals surface area contributed by atoms with Crippen molar-refractivity contribution >= 4 is 29.2 Å². The number of halogens is 2. The first kappa shape index (κ1) is 15.5. The largest absolute Gasteiger partial charge is 0.497 e. The van der Waals surface area contributed by atoms with E-state index in [4.69, 9.17) is 21.5 Å². The fraction of sp³-hybridized carbons (Fsp3) is 0.250. The summed E-state index contributed by atoms with van der Waals surface area (Å²) in [4.78, 5) is 2.56. The number of benzene rings is 2. The average molecular weight is 339 g/mol. The van der Waals surface area contributed by atoms with Gasteiger partial charge >= 0.3 is 0 Å². The van der Waals surface area contributed by atoms with Gasteiger partial charge in [0.1, 0.15) is 11.6 Å². The van der Waals surface area contributed by atoms with E-state index in [-0.39, 0.29) is 5.82 Å². The number of rotatable bonds is 4. The second kappa shape index (κ2) is 6.36. The third kappa shape index (κ3) is 2.89. The zero-order valence-electron chi connectivity index (χ0n) is 12.1. The lowest BCUT2D eigenvalue weighted by Gasteiger charge is -2.20. The van der Waals surface area contributed by atoms with E-state index in [2.05, 4.69) is 4.90 Å². The highest BCUT2D eigenvalue weighted by Crippen LogP contribution is 2.34. The minimum atomic E-state index is -0.332. The van der Waals surface area contributed by atoms with E-state index in [1.807, 2.05) is 18.2 Å². The second-order valence-electron chi connectivity index (χ2n) is 5.16. The third-order valence-corrected chi connectivity index (χ3v) is 4.79. The smallest absolute Gasteiger partial charge is 0.138 e. The Kier molecular flexibility index (Phi) is 4.47. The van der Waals surface area contributed by atoms with Crippen molar-refractivity contribution in [1.29, 1.82) is 0 Å². The molecule has 2 aromatic carbocycles. The van der Waals surface area contributed by atoms with Crippen LogP contribution in [0.25, 0.3) is 0 Å². The maximum absolute atomic E-state index is 13.9. The summed E-state index contributed by atoms with van der Waals surface area (Å²) in [6, 6.07) is 9.08. The summed E-state index contributed by atoms with van der Waals surface area (Å²) in [7, 11) is 1.66. The minimum Gasteiger partial charge on any atom is -0.497 e. The molecule has 0 atom stereocenters. The van der Waals surface area contributed by atoms with Crippen molar-refractivity contribution in [2.45, 2.75) is 17.9 Å². The van der Waals surface area contributed by atoms with Gasteiger partial charge in [0, 0.05) is 23.8 Å². The van der Waals surface area contributed by atoms with Gasteiger partial charge in [0.2, 0.25) is 0 Å². The molecule has 0 aromatic heterocycles. The second-order valence-corrected chi connectivity index (χ2v) is 6.24. The Morgan fingerprint density at radius 2 is 2.18 bits per heavy atom. The highest BCUT2D eigenvalue weighted by atomic mass is 35.5. The van der Waals surface area contributed by atoms with Crippen LogP contribution in [0, 0.1) is 5.82 Å². The van der Waals surface area contributed by atoms with Gasteiger partial charge < -0.3 is 9.64 Å². The first-order valence-corrected chi connectivity index (χ1v) is 8.14. The molecule has 0 bridgehead atoms. The fourth-order valence-corrected chi connectivity index (χ4v) is 3.37. The highest BCUT2D eigenvalue weighted by Gasteiger charge is 2.21. The molecule has 1 aliphatic heterocycles. The van der Waals surface area contributed by atoms with E-state index >= 15 is 0 Å². The van der Waals surface area contributed by atoms with Crippen LogP contribution in [0.1, 0.15) is 11.1 Å². The standard InChI is InChI=1S/C16H16ClFN2OS/c1-21-12-2-3-15-10(6-12)4-5-20(15)9-11-7-14(18)16(22-19)8-13(11)17/h2-3,6-8H,4-5,9,19H2,1H3. The molecule has 0 saturated heterocycles. The number of fused-ring (bicyclic) bond motifs is 1. The summed E-state index contributed by atoms with van der Waals surface area (Å²) in [5.74, 6) is 0.523. The van der Waals surface area contributed by atoms with Crippen LogP contribution in [-0.4, -0.2) is 13.7 Å². The van der Waals surface area contributed by atoms with E-state index in [0.717, 1.165) is 41.9 Å². The van der Waals surface area contributed by atoms with Crippen LogP contribution < -0.4 is 14.8 Å². The molecular weight excluding hydrogens is 323 g/mol. The molecule has 0 amide bonds. The molecule has 0 aliphatic carbocycles. The molecule has 1 heterocycles. The summed E-state index contributed by atoms with van der Waals surface area (Å²) in [6.45, 7) is 1.46. The number of anilines is 1. The Morgan fingerprint density at radius 3 is 2.91 bits per heavy atom. The van der Waals surface area contributed by atoms with Gasteiger partial charge in [-0.2, -0.15) is 0 Å². The normalized spacial score (nSPS) is 13.4. The van der Waals surface area contributed by atoms with Crippen molar-refractivity contribution < 1.29 is 9.13 Å². The topological polar surface area (TPSA) is 38.5 Å². The van der Waals surface area contributed by atoms with Crippen molar-refractivity contribution in [3.63, 3.8) is 0 Å². The van der Waals surface area contributed by atoms with E-state index < -0.39 is 0 Å². The summed E-state index contributed by atoms with van der Waals surface area (Å²) in [6.07, 6.45) is 0.948. The summed E-state index contributed by atoms with van der Waals surface area (Å²) in [5, 5.41) is 5.96. The number of ether oxygens (including phenoxy) is 1. The summed E-state index contributed by atoms with van der Waals surface area (Å²) < 4.78 is 19.2. The maximum Gasteiger partial charge on any atom is 0.138 e. The van der Waals surface area contributed by atoms with Gasteiger partial charge in [-0.25, -0.2) is 4.39 Å². The number of hydrogen-bond acceptors (Lipinski definition) is 4. The molecule has 3 nitrogen and oxygen atoms in total. The van der Waals surface area contributed by atoms with Crippen LogP contribution in [0.3, 0.4) is 0 Å². The molecule has 6 heteroatoms. The maximum atomic E-state index is 13.9. The van der Waals surface area contributed by atoms with Crippen molar-refractivity contribution in [3.05, 3.63) is 52.3 Å². The highest BCUT2D eigenvalue weighted by molar-refractivity contribution is 7.97. The molecule has 116 valence electrons. The molecule has 2 aromatic rings. The lowest BCUT2D eigenvalue weighted by atomic mass is 10.1. The quantitative estimate of drug-likeness (QED) is 0.855. The van der Waals surface area contributed by atoms with Gasteiger partial charge in [0.15, 0.2) is 0 Å². The van der Waals surface area contributed by atoms with Crippen LogP contribution in [0.4, 0.5) is 10.1 Å². The average Bonchev–Trinajstić information content (AvgIpc) is 2.92. The van der Waals surface area contributed by atoms with Crippen LogP contribution >= 0.6 is 23.5 Å². The molecule has 1 aliphatic rings. The number of nitrogens with two attached hydrogens (primary N) is 1. The lowest BCUT2D eigenvalue weighted by molar-refractivity contribution is 0.414. The lowest BCUT2D eigenvalue weighted by Crippen LogP contribution is -2.20. The molecule has 0 unspecified atom stereocenters. The zero-order chi connectivity index (χ0) is 15.7. The van der Waals surface area contributed by atoms with Gasteiger partial charge in [-0.1, -0.05) is 11.6 Å². The van der Waals surface area contributed by atoms with Crippen LogP contribution in [-0.2, 0) is 13.0 Å². The Morgan fingerprint density at radius 1 is 1.36 bits per heavy atom. The Labute approximate surface area is 138 Å². The first-order chi connectivity index (χ1) is 10.6. The number of hydrogen-bond donors (Lipinski definition) is 1. The van der Waals surface area contributed by atoms with Crippen LogP contribution in [0.15, 0.2) is 35.2 Å². The fourth-order valence-electron chi connectivity index (χ4n) is 2.72. The Balaban J connectivity index is 1.86. The van der Waals surface area contributed by atoms with Gasteiger partial charge in [0.05, 0.1) is 12.0 Å². The number of nitrogens with zero attached hydrogens (tertiary/aromatic N) is 1. The van der Waals surface area contributed by atoms with E-state index in [9.17, 15) is 4.39 Å². The predicted molar refractivity (Wildman–Crippen MR) is 89.2 cm³/mol. The van der Waals surface area contributed by atoms with Gasteiger partial charge in [-0.15, -0.1) is 0 Å². The molecule has 0 spiro atoms. The predicted octanol–water partition coefficient (Wildman–Crippen LogP) is 4.02. The van der Waals surface area contributed by atoms with E-state index in [0.29, 0.717) is 16.5 Å². The summed E-state index contributed by atoms with van der Waals surface area (Å²) >= 11 is 7.12. The minimum absolute atomic E-state index is 0.332. The molecule has 2 N–H and O–H groups in total. The number of methoxy groups -OCH3 is 1. The van der Waals surface area contributed by atoms with Crippen LogP contribution in [0.5, 0.6) is 5.75 Å². The SMILES string of the molecule is COc1ccc2c(c1)CCN2Cc1cc(F)c(SN)cc1Cl. The van der Waals surface area contributed by atoms with Gasteiger partial charge in [0.25, 0.3) is 0 Å². The first-order valence-electron chi connectivity index (χ1n) is 6.89. The van der Waals surface area contributed by atoms with Crippen LogP contribution in [0.2, 0.25) is 5.02 Å².